The smallest absolute Gasteiger partial charge is 0.329 e. The van der Waals surface area contributed by atoms with Crippen LogP contribution in [-0.4, -0.2) is 34.9 Å². The lowest BCUT2D eigenvalue weighted by Crippen LogP contribution is -2.31. The van der Waals surface area contributed by atoms with Crippen molar-refractivity contribution in [1.29, 1.82) is 0 Å². The van der Waals surface area contributed by atoms with Crippen LogP contribution < -0.4 is 14.8 Å². The van der Waals surface area contributed by atoms with Crippen LogP contribution in [0, 0.1) is 10.1 Å². The van der Waals surface area contributed by atoms with E-state index in [4.69, 9.17) is 9.47 Å². The summed E-state index contributed by atoms with van der Waals surface area (Å²) in [6.07, 6.45) is 2.26. The molecule has 0 unspecified atom stereocenters. The Morgan fingerprint density at radius 3 is 2.44 bits per heavy atom. The number of imide groups is 1. The van der Waals surface area contributed by atoms with Gasteiger partial charge >= 0.3 is 6.03 Å². The van der Waals surface area contributed by atoms with Gasteiger partial charge in [-0.25, -0.2) is 4.79 Å². The highest BCUT2D eigenvalue weighted by Gasteiger charge is 2.32. The number of nitrogens with zero attached hydrogens (tertiary/aromatic N) is 2. The first-order valence-corrected chi connectivity index (χ1v) is 10.8. The van der Waals surface area contributed by atoms with Gasteiger partial charge in [-0.1, -0.05) is 22.9 Å². The highest BCUT2D eigenvalue weighted by molar-refractivity contribution is 9.10. The molecule has 10 heteroatoms. The van der Waals surface area contributed by atoms with Gasteiger partial charge in [0, 0.05) is 23.2 Å². The van der Waals surface area contributed by atoms with E-state index in [1.54, 1.807) is 30.3 Å². The van der Waals surface area contributed by atoms with Gasteiger partial charge in [0.05, 0.1) is 11.5 Å². The van der Waals surface area contributed by atoms with Crippen molar-refractivity contribution in [3.05, 3.63) is 67.8 Å². The van der Waals surface area contributed by atoms with Gasteiger partial charge in [0.25, 0.3) is 11.6 Å². The third kappa shape index (κ3) is 5.25. The van der Waals surface area contributed by atoms with Gasteiger partial charge in [-0.15, -0.1) is 0 Å². The SMILES string of the molecule is CCCN1C(=O)N/C(=C/c2cc(OCC)c(OCc3ccc([N+](=O)[O-])cc3)cc2Br)C1=O. The maximum Gasteiger partial charge on any atom is 0.329 e. The Bertz CT molecular complexity index is 1070. The van der Waals surface area contributed by atoms with E-state index in [2.05, 4.69) is 21.2 Å². The van der Waals surface area contributed by atoms with Crippen molar-refractivity contribution >= 4 is 39.6 Å². The van der Waals surface area contributed by atoms with Crippen LogP contribution in [0.3, 0.4) is 0 Å². The first kappa shape index (κ1) is 23.3. The van der Waals surface area contributed by atoms with Crippen LogP contribution in [0.4, 0.5) is 10.5 Å². The quantitative estimate of drug-likeness (QED) is 0.231. The van der Waals surface area contributed by atoms with E-state index in [1.807, 2.05) is 13.8 Å². The van der Waals surface area contributed by atoms with Crippen LogP contribution in [0.25, 0.3) is 6.08 Å². The van der Waals surface area contributed by atoms with Crippen molar-refractivity contribution in [3.8, 4) is 11.5 Å². The van der Waals surface area contributed by atoms with E-state index in [1.165, 1.54) is 17.0 Å². The summed E-state index contributed by atoms with van der Waals surface area (Å²) >= 11 is 3.48. The molecular formula is C22H22BrN3O6. The molecule has 0 radical (unpaired) electrons. The monoisotopic (exact) mass is 503 g/mol. The summed E-state index contributed by atoms with van der Waals surface area (Å²) in [7, 11) is 0. The number of non-ortho nitro benzene ring substituents is 1. The van der Waals surface area contributed by atoms with Crippen LogP contribution in [0.15, 0.2) is 46.6 Å². The summed E-state index contributed by atoms with van der Waals surface area (Å²) in [6, 6.07) is 9.09. The predicted molar refractivity (Wildman–Crippen MR) is 121 cm³/mol. The summed E-state index contributed by atoms with van der Waals surface area (Å²) in [5.41, 5.74) is 1.59. The molecule has 1 saturated heterocycles. The number of ether oxygens (including phenoxy) is 2. The third-order valence-electron chi connectivity index (χ3n) is 4.61. The molecule has 0 bridgehead atoms. The number of carbonyl (C=O) groups is 2. The molecule has 2 aromatic rings. The Morgan fingerprint density at radius 1 is 1.12 bits per heavy atom. The molecule has 1 aliphatic rings. The molecule has 0 atom stereocenters. The first-order chi connectivity index (χ1) is 15.3. The lowest BCUT2D eigenvalue weighted by Gasteiger charge is -2.14. The Labute approximate surface area is 193 Å². The second kappa shape index (κ2) is 10.3. The van der Waals surface area contributed by atoms with E-state index >= 15 is 0 Å². The fourth-order valence-corrected chi connectivity index (χ4v) is 3.51. The summed E-state index contributed by atoms with van der Waals surface area (Å²) in [5, 5.41) is 13.4. The van der Waals surface area contributed by atoms with Crippen molar-refractivity contribution in [3.63, 3.8) is 0 Å². The number of benzene rings is 2. The van der Waals surface area contributed by atoms with Gasteiger partial charge in [-0.3, -0.25) is 19.8 Å². The second-order valence-corrected chi connectivity index (χ2v) is 7.76. The molecule has 1 fully saturated rings. The summed E-state index contributed by atoms with van der Waals surface area (Å²) < 4.78 is 12.2. The molecule has 0 aliphatic carbocycles. The molecular weight excluding hydrogens is 482 g/mol. The molecule has 9 nitrogen and oxygen atoms in total. The van der Waals surface area contributed by atoms with Crippen molar-refractivity contribution in [2.75, 3.05) is 13.2 Å². The summed E-state index contributed by atoms with van der Waals surface area (Å²) in [5.74, 6) is 0.556. The van der Waals surface area contributed by atoms with E-state index in [-0.39, 0.29) is 23.9 Å². The molecule has 32 heavy (non-hydrogen) atoms. The van der Waals surface area contributed by atoms with E-state index in [9.17, 15) is 19.7 Å². The number of hydrogen-bond donors (Lipinski definition) is 1. The van der Waals surface area contributed by atoms with Crippen molar-refractivity contribution in [1.82, 2.24) is 10.2 Å². The number of nitrogens with one attached hydrogen (secondary N) is 1. The van der Waals surface area contributed by atoms with Crippen molar-refractivity contribution in [2.24, 2.45) is 0 Å². The Morgan fingerprint density at radius 2 is 1.81 bits per heavy atom. The molecule has 1 aliphatic heterocycles. The van der Waals surface area contributed by atoms with Gasteiger partial charge in [-0.2, -0.15) is 0 Å². The maximum atomic E-state index is 12.5. The molecule has 0 saturated carbocycles. The van der Waals surface area contributed by atoms with Crippen LogP contribution in [0.1, 0.15) is 31.4 Å². The minimum Gasteiger partial charge on any atom is -0.490 e. The zero-order valence-electron chi connectivity index (χ0n) is 17.6. The second-order valence-electron chi connectivity index (χ2n) is 6.91. The van der Waals surface area contributed by atoms with E-state index in [0.29, 0.717) is 41.1 Å². The maximum absolute atomic E-state index is 12.5. The normalized spacial score (nSPS) is 14.6. The zero-order valence-corrected chi connectivity index (χ0v) is 19.2. The van der Waals surface area contributed by atoms with Crippen LogP contribution >= 0.6 is 15.9 Å². The minimum atomic E-state index is -0.457. The third-order valence-corrected chi connectivity index (χ3v) is 5.30. The predicted octanol–water partition coefficient (Wildman–Crippen LogP) is 4.64. The highest BCUT2D eigenvalue weighted by Crippen LogP contribution is 2.35. The average Bonchev–Trinajstić information content (AvgIpc) is 3.03. The number of carbonyl (C=O) groups excluding carboxylic acids is 2. The molecule has 168 valence electrons. The molecule has 1 N–H and O–H groups in total. The Kier molecular flexibility index (Phi) is 7.47. The number of halogens is 1. The number of amides is 3. The number of hydrogen-bond acceptors (Lipinski definition) is 6. The summed E-state index contributed by atoms with van der Waals surface area (Å²) in [6.45, 7) is 4.66. The first-order valence-electron chi connectivity index (χ1n) is 10.0. The molecule has 3 rings (SSSR count). The van der Waals surface area contributed by atoms with Crippen LogP contribution in [-0.2, 0) is 11.4 Å². The fraction of sp³-hybridized carbons (Fsp3) is 0.273. The van der Waals surface area contributed by atoms with Crippen LogP contribution in [0.2, 0.25) is 0 Å². The number of nitro benzene ring substituents is 1. The van der Waals surface area contributed by atoms with E-state index < -0.39 is 11.0 Å². The average molecular weight is 504 g/mol. The van der Waals surface area contributed by atoms with Gasteiger partial charge in [0.15, 0.2) is 11.5 Å². The highest BCUT2D eigenvalue weighted by atomic mass is 79.9. The molecule has 0 aromatic heterocycles. The minimum absolute atomic E-state index is 0.00921. The van der Waals surface area contributed by atoms with E-state index in [0.717, 1.165) is 5.56 Å². The molecule has 0 spiro atoms. The standard InChI is InChI=1S/C22H22BrN3O6/c1-3-9-25-21(27)18(24-22(25)28)10-15-11-19(31-4-2)20(12-17(15)23)32-13-14-5-7-16(8-6-14)26(29)30/h5-8,10-12H,3-4,9,13H2,1-2H3,(H,24,28)/b18-10+. The Balaban J connectivity index is 1.82. The topological polar surface area (TPSA) is 111 Å². The van der Waals surface area contributed by atoms with Gasteiger partial charge in [0.1, 0.15) is 12.3 Å². The molecule has 2 aromatic carbocycles. The summed E-state index contributed by atoms with van der Waals surface area (Å²) in [4.78, 5) is 36.0. The lowest BCUT2D eigenvalue weighted by molar-refractivity contribution is -0.384. The largest absolute Gasteiger partial charge is 0.490 e. The Hall–Kier alpha value is -3.40. The fourth-order valence-electron chi connectivity index (χ4n) is 3.07. The molecule has 1 heterocycles. The van der Waals surface area contributed by atoms with Gasteiger partial charge < -0.3 is 14.8 Å². The zero-order chi connectivity index (χ0) is 23.3. The molecule has 3 amide bonds. The van der Waals surface area contributed by atoms with Crippen LogP contribution in [0.5, 0.6) is 11.5 Å². The van der Waals surface area contributed by atoms with Gasteiger partial charge in [-0.05, 0) is 54.8 Å². The van der Waals surface area contributed by atoms with Gasteiger partial charge in [0.2, 0.25) is 0 Å². The van der Waals surface area contributed by atoms with Crippen molar-refractivity contribution in [2.45, 2.75) is 26.9 Å². The lowest BCUT2D eigenvalue weighted by atomic mass is 10.1. The van der Waals surface area contributed by atoms with Crippen molar-refractivity contribution < 1.29 is 24.0 Å². The number of urea groups is 1. The number of rotatable bonds is 9. The number of nitro groups is 1.